The van der Waals surface area contributed by atoms with Crippen molar-refractivity contribution >= 4 is 63.2 Å². The zero-order valence-corrected chi connectivity index (χ0v) is 27.4. The van der Waals surface area contributed by atoms with Crippen LogP contribution in [0, 0.1) is 0 Å². The molecule has 0 radical (unpaired) electrons. The van der Waals surface area contributed by atoms with E-state index in [1.807, 2.05) is 78.9 Å². The van der Waals surface area contributed by atoms with Gasteiger partial charge in [-0.25, -0.2) is 0 Å². The van der Waals surface area contributed by atoms with Gasteiger partial charge in [0, 0.05) is 31.8 Å². The van der Waals surface area contributed by atoms with Crippen LogP contribution in [0.2, 0.25) is 0 Å². The van der Waals surface area contributed by atoms with E-state index in [2.05, 4.69) is 82.8 Å². The minimum atomic E-state index is -3.34. The van der Waals surface area contributed by atoms with Crippen LogP contribution in [0.5, 0.6) is 0 Å². The Balaban J connectivity index is 1.65. The molecule has 2 aliphatic rings. The van der Waals surface area contributed by atoms with Crippen LogP contribution in [0.4, 0.5) is 17.1 Å². The van der Waals surface area contributed by atoms with E-state index < -0.39 is 14.3 Å². The Morgan fingerprint density at radius 1 is 0.465 bits per heavy atom. The molecule has 216 valence electrons. The third-order valence-corrected chi connectivity index (χ3v) is 15.2. The summed E-state index contributed by atoms with van der Waals surface area (Å²) in [6.07, 6.45) is 0. The molecule has 2 aliphatic heterocycles. The molecule has 5 heteroatoms. The van der Waals surface area contributed by atoms with E-state index in [9.17, 15) is 0 Å². The predicted octanol–water partition coefficient (Wildman–Crippen LogP) is 7.66. The van der Waals surface area contributed by atoms with Gasteiger partial charge in [0.2, 0.25) is 0 Å². The summed E-state index contributed by atoms with van der Waals surface area (Å²) >= 11 is 0. The maximum atomic E-state index is 15.9. The highest BCUT2D eigenvalue weighted by molar-refractivity contribution is 7.88. The fraction of sp³-hybridized carbons (Fsp3) is 0.211. The Labute approximate surface area is 255 Å². The largest absolute Gasteiger partial charge is 0.308 e. The van der Waals surface area contributed by atoms with Crippen LogP contribution in [-0.2, 0) is 20.0 Å². The van der Waals surface area contributed by atoms with Gasteiger partial charge < -0.3 is 14.0 Å². The highest BCUT2D eigenvalue weighted by Crippen LogP contribution is 2.60. The second-order valence-corrected chi connectivity index (χ2v) is 19.2. The molecule has 0 N–H and O–H groups in total. The molecule has 0 saturated heterocycles. The smallest absolute Gasteiger partial charge is 0.175 e. The monoisotopic (exact) mass is 601 g/mol. The van der Waals surface area contributed by atoms with Gasteiger partial charge in [0.15, 0.2) is 14.3 Å². The van der Waals surface area contributed by atoms with Crippen LogP contribution >= 0.6 is 14.3 Å². The molecule has 5 aromatic carbocycles. The molecule has 2 heterocycles. The molecule has 0 aliphatic carbocycles. The average molecular weight is 602 g/mol. The van der Waals surface area contributed by atoms with Crippen molar-refractivity contribution < 1.29 is 9.13 Å². The van der Waals surface area contributed by atoms with Gasteiger partial charge in [-0.1, -0.05) is 120 Å². The van der Waals surface area contributed by atoms with Gasteiger partial charge in [0.25, 0.3) is 0 Å². The lowest BCUT2D eigenvalue weighted by atomic mass is 9.86. The van der Waals surface area contributed by atoms with Gasteiger partial charge in [-0.15, -0.1) is 0 Å². The lowest BCUT2D eigenvalue weighted by Crippen LogP contribution is -2.46. The first kappa shape index (κ1) is 28.1. The Morgan fingerprint density at radius 2 is 0.860 bits per heavy atom. The maximum Gasteiger partial charge on any atom is 0.175 e. The summed E-state index contributed by atoms with van der Waals surface area (Å²) < 4.78 is 31.9. The number of para-hydroxylation sites is 1. The van der Waals surface area contributed by atoms with Gasteiger partial charge in [-0.2, -0.15) is 0 Å². The summed E-state index contributed by atoms with van der Waals surface area (Å²) in [6, 6.07) is 38.5. The Bertz CT molecular complexity index is 1860. The molecule has 0 bridgehead atoms. The lowest BCUT2D eigenvalue weighted by Gasteiger charge is -2.45. The second-order valence-electron chi connectivity index (χ2n) is 13.8. The van der Waals surface area contributed by atoms with E-state index in [0.717, 1.165) is 60.0 Å². The zero-order chi connectivity index (χ0) is 30.4. The Hall–Kier alpha value is -3.64. The number of anilines is 3. The molecule has 0 amide bonds. The first-order valence-electron chi connectivity index (χ1n) is 14.9. The molecular formula is C38H37NO2P2. The van der Waals surface area contributed by atoms with Gasteiger partial charge in [-0.05, 0) is 58.4 Å². The molecule has 3 nitrogen and oxygen atoms in total. The van der Waals surface area contributed by atoms with Crippen LogP contribution in [0.3, 0.4) is 0 Å². The van der Waals surface area contributed by atoms with Crippen LogP contribution in [-0.4, -0.2) is 0 Å². The molecule has 0 fully saturated rings. The predicted molar refractivity (Wildman–Crippen MR) is 184 cm³/mol. The van der Waals surface area contributed by atoms with Crippen LogP contribution < -0.4 is 36.7 Å². The van der Waals surface area contributed by atoms with Crippen molar-refractivity contribution in [2.75, 3.05) is 4.90 Å². The van der Waals surface area contributed by atoms with Crippen molar-refractivity contribution in [3.05, 3.63) is 126 Å². The first-order chi connectivity index (χ1) is 20.4. The summed E-state index contributed by atoms with van der Waals surface area (Å²) in [5.74, 6) is 0. The summed E-state index contributed by atoms with van der Waals surface area (Å²) in [7, 11) is -6.69. The fourth-order valence-corrected chi connectivity index (χ4v) is 12.8. The lowest BCUT2D eigenvalue weighted by molar-refractivity contribution is 0.588. The first-order valence-corrected chi connectivity index (χ1v) is 18.3. The van der Waals surface area contributed by atoms with Crippen molar-refractivity contribution in [3.63, 3.8) is 0 Å². The van der Waals surface area contributed by atoms with Crippen LogP contribution in [0.15, 0.2) is 115 Å². The fourth-order valence-electron chi connectivity index (χ4n) is 6.58. The van der Waals surface area contributed by atoms with E-state index in [1.165, 1.54) is 0 Å². The summed E-state index contributed by atoms with van der Waals surface area (Å²) in [6.45, 7) is 13.2. The summed E-state index contributed by atoms with van der Waals surface area (Å²) in [5, 5.41) is 4.74. The number of hydrogen-bond donors (Lipinski definition) is 0. The van der Waals surface area contributed by atoms with E-state index >= 15 is 9.13 Å². The summed E-state index contributed by atoms with van der Waals surface area (Å²) in [4.78, 5) is 2.24. The SMILES string of the molecule is CC(C)(C)c1ccc2c(c1)P(=O)(c1ccccc1)c1cccc3c1N2c1ccc(C(C)(C)C)cc1P3(=O)c1ccccc1. The van der Waals surface area contributed by atoms with E-state index in [0.29, 0.717) is 0 Å². The van der Waals surface area contributed by atoms with Gasteiger partial charge in [0.05, 0.1) is 17.1 Å². The van der Waals surface area contributed by atoms with Crippen molar-refractivity contribution in [3.8, 4) is 0 Å². The Kier molecular flexibility index (Phi) is 6.17. The molecule has 0 spiro atoms. The number of fused-ring (bicyclic) bond motifs is 4. The molecule has 2 unspecified atom stereocenters. The minimum Gasteiger partial charge on any atom is -0.308 e. The third kappa shape index (κ3) is 4.02. The van der Waals surface area contributed by atoms with Crippen molar-refractivity contribution in [2.45, 2.75) is 52.4 Å². The van der Waals surface area contributed by atoms with Crippen molar-refractivity contribution in [2.24, 2.45) is 0 Å². The van der Waals surface area contributed by atoms with Crippen LogP contribution in [0.1, 0.15) is 52.7 Å². The van der Waals surface area contributed by atoms with Gasteiger partial charge in [-0.3, -0.25) is 0 Å². The minimum absolute atomic E-state index is 0.122. The van der Waals surface area contributed by atoms with E-state index in [-0.39, 0.29) is 10.8 Å². The topological polar surface area (TPSA) is 37.4 Å². The Morgan fingerprint density at radius 3 is 1.23 bits per heavy atom. The van der Waals surface area contributed by atoms with Crippen molar-refractivity contribution in [1.29, 1.82) is 0 Å². The molecule has 0 aromatic heterocycles. The number of rotatable bonds is 2. The number of hydrogen-bond acceptors (Lipinski definition) is 3. The van der Waals surface area contributed by atoms with E-state index in [1.54, 1.807) is 0 Å². The zero-order valence-electron chi connectivity index (χ0n) is 25.6. The quantitative estimate of drug-likeness (QED) is 0.191. The van der Waals surface area contributed by atoms with E-state index in [4.69, 9.17) is 0 Å². The third-order valence-electron chi connectivity index (χ3n) is 8.98. The van der Waals surface area contributed by atoms with Gasteiger partial charge in [0.1, 0.15) is 0 Å². The van der Waals surface area contributed by atoms with Crippen molar-refractivity contribution in [1.82, 2.24) is 0 Å². The molecule has 7 rings (SSSR count). The van der Waals surface area contributed by atoms with Crippen LogP contribution in [0.25, 0.3) is 0 Å². The molecular weight excluding hydrogens is 564 g/mol. The highest BCUT2D eigenvalue weighted by Gasteiger charge is 2.49. The average Bonchev–Trinajstić information content (AvgIpc) is 3.00. The normalized spacial score (nSPS) is 20.7. The molecule has 0 saturated carbocycles. The molecule has 5 aromatic rings. The van der Waals surface area contributed by atoms with Gasteiger partial charge >= 0.3 is 0 Å². The second kappa shape index (κ2) is 9.43. The highest BCUT2D eigenvalue weighted by atomic mass is 31.2. The number of nitrogens with zero attached hydrogens (tertiary/aromatic N) is 1. The molecule has 43 heavy (non-hydrogen) atoms. The molecule has 2 atom stereocenters. The summed E-state index contributed by atoms with van der Waals surface area (Å²) in [5.41, 5.74) is 4.61. The number of benzene rings is 5. The maximum absolute atomic E-state index is 15.9. The standard InChI is InChI=1S/C38H37NO2P2/c1-37(2,3)26-20-22-30-34(24-26)42(40,28-14-9-7-10-15-28)32-18-13-19-33-36(32)39(30)31-23-21-27(38(4,5)6)25-35(31)43(33,41)29-16-11-8-12-17-29/h7-25H,1-6H3.